The Morgan fingerprint density at radius 2 is 2.05 bits per heavy atom. The molecule has 0 bridgehead atoms. The maximum absolute atomic E-state index is 12.3. The van der Waals surface area contributed by atoms with Crippen molar-refractivity contribution in [1.82, 2.24) is 4.72 Å². The van der Waals surface area contributed by atoms with Gasteiger partial charge in [-0.1, -0.05) is 28.9 Å². The van der Waals surface area contributed by atoms with Crippen LogP contribution in [0.3, 0.4) is 0 Å². The van der Waals surface area contributed by atoms with Crippen molar-refractivity contribution in [2.24, 2.45) is 5.41 Å². The minimum absolute atomic E-state index is 0.146. The summed E-state index contributed by atoms with van der Waals surface area (Å²) in [5.74, 6) is -1.02. The molecule has 1 rings (SSSR count). The predicted octanol–water partition coefficient (Wildman–Crippen LogP) is 2.54. The topological polar surface area (TPSA) is 83.5 Å². The molecule has 0 saturated carbocycles. The lowest BCUT2D eigenvalue weighted by molar-refractivity contribution is -0.147. The molecule has 5 nitrogen and oxygen atoms in total. The Balaban J connectivity index is 3.02. The van der Waals surface area contributed by atoms with Crippen LogP contribution in [0.2, 0.25) is 0 Å². The largest absolute Gasteiger partial charge is 0.481 e. The van der Waals surface area contributed by atoms with Gasteiger partial charge in [0.25, 0.3) is 0 Å². The summed E-state index contributed by atoms with van der Waals surface area (Å²) in [6.45, 7) is 4.78. The first kappa shape index (κ1) is 17.1. The number of carbonyl (C=O) groups is 1. The molecule has 7 heteroatoms. The SMILES string of the molecule is CCC(C)(CNS(=O)(=O)c1cc(Br)ccc1C)C(=O)O. The average molecular weight is 364 g/mol. The predicted molar refractivity (Wildman–Crippen MR) is 80.1 cm³/mol. The molecule has 0 fully saturated rings. The number of aliphatic carboxylic acids is 1. The van der Waals surface area contributed by atoms with E-state index in [1.807, 2.05) is 0 Å². The summed E-state index contributed by atoms with van der Waals surface area (Å²) in [7, 11) is -3.73. The number of carboxylic acids is 1. The van der Waals surface area contributed by atoms with Gasteiger partial charge in [0.1, 0.15) is 0 Å². The summed E-state index contributed by atoms with van der Waals surface area (Å²) in [5.41, 5.74) is -0.512. The molecule has 0 aliphatic heterocycles. The van der Waals surface area contributed by atoms with Crippen LogP contribution in [0, 0.1) is 12.3 Å². The third-order valence-corrected chi connectivity index (χ3v) is 5.43. The third-order valence-electron chi connectivity index (χ3n) is 3.39. The minimum Gasteiger partial charge on any atom is -0.481 e. The number of hydrogen-bond donors (Lipinski definition) is 2. The summed E-state index contributed by atoms with van der Waals surface area (Å²) >= 11 is 3.23. The molecule has 0 heterocycles. The lowest BCUT2D eigenvalue weighted by Gasteiger charge is -2.23. The fraction of sp³-hybridized carbons (Fsp3) is 0.462. The molecular formula is C13H18BrNO4S. The lowest BCUT2D eigenvalue weighted by Crippen LogP contribution is -2.40. The van der Waals surface area contributed by atoms with Crippen molar-refractivity contribution < 1.29 is 18.3 Å². The zero-order valence-corrected chi connectivity index (χ0v) is 14.0. The van der Waals surface area contributed by atoms with Gasteiger partial charge in [-0.3, -0.25) is 4.79 Å². The van der Waals surface area contributed by atoms with Crippen LogP contribution in [0.4, 0.5) is 0 Å². The van der Waals surface area contributed by atoms with Gasteiger partial charge in [0, 0.05) is 11.0 Å². The summed E-state index contributed by atoms with van der Waals surface area (Å²) in [5, 5.41) is 9.16. The standard InChI is InChI=1S/C13H18BrNO4S/c1-4-13(3,12(16)17)8-15-20(18,19)11-7-10(14)6-5-9(11)2/h5-7,15H,4,8H2,1-3H3,(H,16,17). The molecule has 0 aromatic heterocycles. The number of halogens is 1. The number of sulfonamides is 1. The van der Waals surface area contributed by atoms with Gasteiger partial charge in [0.2, 0.25) is 10.0 Å². The Morgan fingerprint density at radius 1 is 1.45 bits per heavy atom. The number of hydrogen-bond acceptors (Lipinski definition) is 3. The van der Waals surface area contributed by atoms with Crippen LogP contribution in [0.1, 0.15) is 25.8 Å². The van der Waals surface area contributed by atoms with E-state index in [4.69, 9.17) is 5.11 Å². The molecular weight excluding hydrogens is 346 g/mol. The Bertz CT molecular complexity index is 615. The number of carboxylic acid groups (broad SMARTS) is 1. The molecule has 1 aromatic rings. The smallest absolute Gasteiger partial charge is 0.310 e. The molecule has 2 N–H and O–H groups in total. The summed E-state index contributed by atoms with van der Waals surface area (Å²) in [6.07, 6.45) is 0.336. The second-order valence-corrected chi connectivity index (χ2v) is 7.60. The first-order chi connectivity index (χ1) is 9.12. The van der Waals surface area contributed by atoms with Crippen LogP contribution in [-0.4, -0.2) is 26.0 Å². The van der Waals surface area contributed by atoms with E-state index in [-0.39, 0.29) is 11.4 Å². The first-order valence-electron chi connectivity index (χ1n) is 6.11. The van der Waals surface area contributed by atoms with Gasteiger partial charge in [0.05, 0.1) is 10.3 Å². The first-order valence-corrected chi connectivity index (χ1v) is 8.39. The molecule has 20 heavy (non-hydrogen) atoms. The van der Waals surface area contributed by atoms with Crippen LogP contribution in [0.25, 0.3) is 0 Å². The molecule has 0 radical (unpaired) electrons. The summed E-state index contributed by atoms with van der Waals surface area (Å²) < 4.78 is 27.6. The minimum atomic E-state index is -3.73. The monoisotopic (exact) mass is 363 g/mol. The van der Waals surface area contributed by atoms with Crippen LogP contribution in [0.5, 0.6) is 0 Å². The Labute approximate surface area is 127 Å². The second kappa shape index (κ2) is 6.24. The highest BCUT2D eigenvalue weighted by molar-refractivity contribution is 9.10. The molecule has 1 aromatic carbocycles. The molecule has 0 aliphatic rings. The van der Waals surface area contributed by atoms with E-state index in [0.717, 1.165) is 0 Å². The summed E-state index contributed by atoms with van der Waals surface area (Å²) in [4.78, 5) is 11.3. The van der Waals surface area contributed by atoms with Crippen molar-refractivity contribution in [3.05, 3.63) is 28.2 Å². The van der Waals surface area contributed by atoms with Gasteiger partial charge < -0.3 is 5.11 Å². The molecule has 112 valence electrons. The van der Waals surface area contributed by atoms with Gasteiger partial charge in [-0.15, -0.1) is 0 Å². The van der Waals surface area contributed by atoms with E-state index in [1.165, 1.54) is 13.0 Å². The Morgan fingerprint density at radius 3 is 2.55 bits per heavy atom. The van der Waals surface area contributed by atoms with Crippen LogP contribution in [0.15, 0.2) is 27.6 Å². The van der Waals surface area contributed by atoms with Crippen molar-refractivity contribution in [1.29, 1.82) is 0 Å². The van der Waals surface area contributed by atoms with Gasteiger partial charge in [-0.2, -0.15) is 0 Å². The Kier molecular flexibility index (Phi) is 5.34. The van der Waals surface area contributed by atoms with Gasteiger partial charge in [0.15, 0.2) is 0 Å². The highest BCUT2D eigenvalue weighted by Gasteiger charge is 2.33. The number of nitrogens with one attached hydrogen (secondary N) is 1. The van der Waals surface area contributed by atoms with E-state index in [2.05, 4.69) is 20.7 Å². The van der Waals surface area contributed by atoms with E-state index in [9.17, 15) is 13.2 Å². The van der Waals surface area contributed by atoms with E-state index in [1.54, 1.807) is 26.0 Å². The number of aryl methyl sites for hydroxylation is 1. The van der Waals surface area contributed by atoms with Crippen molar-refractivity contribution in [2.75, 3.05) is 6.54 Å². The zero-order valence-electron chi connectivity index (χ0n) is 11.6. The second-order valence-electron chi connectivity index (χ2n) is 4.95. The average Bonchev–Trinajstić information content (AvgIpc) is 2.38. The molecule has 0 amide bonds. The van der Waals surface area contributed by atoms with E-state index in [0.29, 0.717) is 16.5 Å². The molecule has 0 saturated heterocycles. The zero-order chi connectivity index (χ0) is 15.6. The van der Waals surface area contributed by atoms with Crippen LogP contribution in [-0.2, 0) is 14.8 Å². The van der Waals surface area contributed by atoms with Gasteiger partial charge in [-0.25, -0.2) is 13.1 Å². The molecule has 1 atom stereocenters. The van der Waals surface area contributed by atoms with Gasteiger partial charge >= 0.3 is 5.97 Å². The van der Waals surface area contributed by atoms with Crippen molar-refractivity contribution >= 4 is 31.9 Å². The van der Waals surface area contributed by atoms with Crippen LogP contribution >= 0.6 is 15.9 Å². The molecule has 0 spiro atoms. The highest BCUT2D eigenvalue weighted by atomic mass is 79.9. The van der Waals surface area contributed by atoms with E-state index < -0.39 is 21.4 Å². The maximum atomic E-state index is 12.3. The summed E-state index contributed by atoms with van der Waals surface area (Å²) in [6, 6.07) is 4.94. The lowest BCUT2D eigenvalue weighted by atomic mass is 9.88. The normalized spacial score (nSPS) is 14.8. The number of benzene rings is 1. The molecule has 0 aliphatic carbocycles. The van der Waals surface area contributed by atoms with Crippen LogP contribution < -0.4 is 4.72 Å². The Hall–Kier alpha value is -0.920. The maximum Gasteiger partial charge on any atom is 0.310 e. The van der Waals surface area contributed by atoms with Crippen molar-refractivity contribution in [2.45, 2.75) is 32.1 Å². The quantitative estimate of drug-likeness (QED) is 0.813. The van der Waals surface area contributed by atoms with Crippen molar-refractivity contribution in [3.63, 3.8) is 0 Å². The van der Waals surface area contributed by atoms with Gasteiger partial charge in [-0.05, 0) is 38.0 Å². The molecule has 1 unspecified atom stereocenters. The highest BCUT2D eigenvalue weighted by Crippen LogP contribution is 2.23. The van der Waals surface area contributed by atoms with E-state index >= 15 is 0 Å². The van der Waals surface area contributed by atoms with Crippen molar-refractivity contribution in [3.8, 4) is 0 Å². The fourth-order valence-electron chi connectivity index (χ4n) is 1.55. The number of rotatable bonds is 6. The third kappa shape index (κ3) is 3.80. The fourth-order valence-corrected chi connectivity index (χ4v) is 3.50.